The molecule has 0 saturated carbocycles. The van der Waals surface area contributed by atoms with Crippen LogP contribution in [-0.4, -0.2) is 6.54 Å². The van der Waals surface area contributed by atoms with E-state index in [9.17, 15) is 13.2 Å². The third-order valence-corrected chi connectivity index (χ3v) is 1.62. The highest BCUT2D eigenvalue weighted by molar-refractivity contribution is 5.45. The number of terminal acetylenes is 1. The summed E-state index contributed by atoms with van der Waals surface area (Å²) in [5, 5.41) is 2.56. The molecule has 4 heteroatoms. The summed E-state index contributed by atoms with van der Waals surface area (Å²) in [7, 11) is 0. The van der Waals surface area contributed by atoms with Crippen LogP contribution in [0.4, 0.5) is 18.9 Å². The van der Waals surface area contributed by atoms with Gasteiger partial charge in [-0.25, -0.2) is 13.2 Å². The zero-order valence-corrected chi connectivity index (χ0v) is 7.28. The lowest BCUT2D eigenvalue weighted by molar-refractivity contribution is 0.449. The fourth-order valence-corrected chi connectivity index (χ4v) is 0.932. The predicted octanol–water partition coefficient (Wildman–Crippen LogP) is 2.54. The minimum absolute atomic E-state index is 0.0841. The van der Waals surface area contributed by atoms with E-state index in [4.69, 9.17) is 6.42 Å². The molecule has 1 rings (SSSR count). The second-order valence-electron chi connectivity index (χ2n) is 2.60. The Kier molecular flexibility index (Phi) is 3.41. The summed E-state index contributed by atoms with van der Waals surface area (Å²) in [5.41, 5.74) is -0.0841. The summed E-state index contributed by atoms with van der Waals surface area (Å²) in [6.07, 6.45) is 5.35. The van der Waals surface area contributed by atoms with E-state index in [1.54, 1.807) is 0 Å². The van der Waals surface area contributed by atoms with E-state index in [0.717, 1.165) is 12.1 Å². The van der Waals surface area contributed by atoms with Crippen LogP contribution in [0.3, 0.4) is 0 Å². The van der Waals surface area contributed by atoms with Gasteiger partial charge in [-0.15, -0.1) is 12.3 Å². The first-order chi connectivity index (χ1) is 6.66. The van der Waals surface area contributed by atoms with Crippen molar-refractivity contribution in [2.24, 2.45) is 0 Å². The van der Waals surface area contributed by atoms with Gasteiger partial charge in [0.05, 0.1) is 5.69 Å². The van der Waals surface area contributed by atoms with E-state index in [1.165, 1.54) is 0 Å². The van der Waals surface area contributed by atoms with Crippen LogP contribution in [0, 0.1) is 29.8 Å². The number of nitrogens with one attached hydrogen (secondary N) is 1. The standard InChI is InChI=1S/C10H8F3N/c1-2-3-6-14-8-5-4-7(11)9(12)10(8)13/h1,4-5,14H,3,6H2. The maximum Gasteiger partial charge on any atom is 0.196 e. The van der Waals surface area contributed by atoms with Gasteiger partial charge >= 0.3 is 0 Å². The van der Waals surface area contributed by atoms with Gasteiger partial charge in [-0.1, -0.05) is 0 Å². The predicted molar refractivity (Wildman–Crippen MR) is 48.3 cm³/mol. The molecule has 1 aromatic rings. The van der Waals surface area contributed by atoms with Crippen molar-refractivity contribution in [3.8, 4) is 12.3 Å². The summed E-state index contributed by atoms with van der Waals surface area (Å²) in [6, 6.07) is 1.99. The van der Waals surface area contributed by atoms with E-state index < -0.39 is 17.5 Å². The number of halogens is 3. The quantitative estimate of drug-likeness (QED) is 0.448. The van der Waals surface area contributed by atoms with Gasteiger partial charge in [0, 0.05) is 13.0 Å². The second-order valence-corrected chi connectivity index (χ2v) is 2.60. The van der Waals surface area contributed by atoms with Crippen molar-refractivity contribution in [2.45, 2.75) is 6.42 Å². The van der Waals surface area contributed by atoms with Gasteiger partial charge in [0.15, 0.2) is 17.5 Å². The number of hydrogen-bond donors (Lipinski definition) is 1. The highest BCUT2D eigenvalue weighted by Gasteiger charge is 2.12. The Morgan fingerprint density at radius 3 is 2.57 bits per heavy atom. The molecule has 0 unspecified atom stereocenters. The van der Waals surface area contributed by atoms with Gasteiger partial charge in [-0.3, -0.25) is 0 Å². The molecular formula is C10H8F3N. The number of benzene rings is 1. The molecule has 0 radical (unpaired) electrons. The third kappa shape index (κ3) is 2.19. The second kappa shape index (κ2) is 4.56. The molecule has 0 spiro atoms. The fourth-order valence-electron chi connectivity index (χ4n) is 0.932. The zero-order chi connectivity index (χ0) is 10.6. The van der Waals surface area contributed by atoms with E-state index in [0.29, 0.717) is 13.0 Å². The molecule has 0 aromatic heterocycles. The molecule has 0 heterocycles. The Hall–Kier alpha value is -1.63. The summed E-state index contributed by atoms with van der Waals surface area (Å²) in [4.78, 5) is 0. The molecule has 1 N–H and O–H groups in total. The van der Waals surface area contributed by atoms with Crippen LogP contribution in [0.1, 0.15) is 6.42 Å². The first-order valence-corrected chi connectivity index (χ1v) is 3.97. The molecule has 0 aliphatic carbocycles. The van der Waals surface area contributed by atoms with E-state index >= 15 is 0 Å². The third-order valence-electron chi connectivity index (χ3n) is 1.62. The lowest BCUT2D eigenvalue weighted by Crippen LogP contribution is -2.04. The largest absolute Gasteiger partial charge is 0.382 e. The van der Waals surface area contributed by atoms with Crippen LogP contribution in [-0.2, 0) is 0 Å². The van der Waals surface area contributed by atoms with E-state index in [-0.39, 0.29) is 5.69 Å². The summed E-state index contributed by atoms with van der Waals surface area (Å²) in [6.45, 7) is 0.318. The minimum Gasteiger partial charge on any atom is -0.382 e. The highest BCUT2D eigenvalue weighted by Crippen LogP contribution is 2.19. The van der Waals surface area contributed by atoms with Crippen molar-refractivity contribution >= 4 is 5.69 Å². The molecular weight excluding hydrogens is 191 g/mol. The molecule has 0 aliphatic rings. The van der Waals surface area contributed by atoms with Gasteiger partial charge in [-0.05, 0) is 12.1 Å². The number of rotatable bonds is 3. The number of anilines is 1. The van der Waals surface area contributed by atoms with Crippen LogP contribution >= 0.6 is 0 Å². The monoisotopic (exact) mass is 199 g/mol. The van der Waals surface area contributed by atoms with E-state index in [2.05, 4.69) is 11.2 Å². The van der Waals surface area contributed by atoms with Gasteiger partial charge in [-0.2, -0.15) is 0 Å². The Labute approximate surface area is 79.9 Å². The van der Waals surface area contributed by atoms with Crippen LogP contribution in [0.2, 0.25) is 0 Å². The van der Waals surface area contributed by atoms with Crippen LogP contribution in [0.5, 0.6) is 0 Å². The zero-order valence-electron chi connectivity index (χ0n) is 7.28. The average molecular weight is 199 g/mol. The maximum absolute atomic E-state index is 13.0. The Bertz CT molecular complexity index is 368. The van der Waals surface area contributed by atoms with Crippen LogP contribution < -0.4 is 5.32 Å². The van der Waals surface area contributed by atoms with Crippen LogP contribution in [0.15, 0.2) is 12.1 Å². The summed E-state index contributed by atoms with van der Waals surface area (Å²) >= 11 is 0. The molecule has 74 valence electrons. The molecule has 0 fully saturated rings. The molecule has 0 atom stereocenters. The van der Waals surface area contributed by atoms with Gasteiger partial charge in [0.2, 0.25) is 0 Å². The molecule has 1 nitrogen and oxygen atoms in total. The SMILES string of the molecule is C#CCCNc1ccc(F)c(F)c1F. The number of hydrogen-bond acceptors (Lipinski definition) is 1. The smallest absolute Gasteiger partial charge is 0.196 e. The molecule has 0 saturated heterocycles. The van der Waals surface area contributed by atoms with Crippen LogP contribution in [0.25, 0.3) is 0 Å². The molecule has 1 aromatic carbocycles. The first-order valence-electron chi connectivity index (χ1n) is 3.97. The van der Waals surface area contributed by atoms with Crippen molar-refractivity contribution in [2.75, 3.05) is 11.9 Å². The van der Waals surface area contributed by atoms with Crippen molar-refractivity contribution in [1.82, 2.24) is 0 Å². The molecule has 0 bridgehead atoms. The lowest BCUT2D eigenvalue weighted by Gasteiger charge is -2.06. The van der Waals surface area contributed by atoms with Crippen molar-refractivity contribution < 1.29 is 13.2 Å². The summed E-state index contributed by atoms with van der Waals surface area (Å²) < 4.78 is 38.1. The molecule has 14 heavy (non-hydrogen) atoms. The van der Waals surface area contributed by atoms with Crippen molar-refractivity contribution in [1.29, 1.82) is 0 Å². The normalized spacial score (nSPS) is 9.57. The Morgan fingerprint density at radius 2 is 1.93 bits per heavy atom. The van der Waals surface area contributed by atoms with Gasteiger partial charge < -0.3 is 5.32 Å². The lowest BCUT2D eigenvalue weighted by atomic mass is 10.2. The summed E-state index contributed by atoms with van der Waals surface area (Å²) in [5.74, 6) is -1.57. The first kappa shape index (κ1) is 10.5. The molecule has 0 amide bonds. The van der Waals surface area contributed by atoms with Gasteiger partial charge in [0.25, 0.3) is 0 Å². The maximum atomic E-state index is 13.0. The average Bonchev–Trinajstić information content (AvgIpc) is 2.18. The minimum atomic E-state index is -1.48. The topological polar surface area (TPSA) is 12.0 Å². The van der Waals surface area contributed by atoms with Gasteiger partial charge in [0.1, 0.15) is 0 Å². The highest BCUT2D eigenvalue weighted by atomic mass is 19.2. The van der Waals surface area contributed by atoms with Crippen molar-refractivity contribution in [3.05, 3.63) is 29.6 Å². The van der Waals surface area contributed by atoms with E-state index in [1.807, 2.05) is 0 Å². The molecule has 0 aliphatic heterocycles. The van der Waals surface area contributed by atoms with Crippen molar-refractivity contribution in [3.63, 3.8) is 0 Å². The Morgan fingerprint density at radius 1 is 1.21 bits per heavy atom. The Balaban J connectivity index is 2.79. The fraction of sp³-hybridized carbons (Fsp3) is 0.200.